The number of aromatic nitrogens is 2. The van der Waals surface area contributed by atoms with Gasteiger partial charge in [0.1, 0.15) is 11.6 Å². The Bertz CT molecular complexity index is 916. The Morgan fingerprint density at radius 3 is 2.58 bits per heavy atom. The Labute approximate surface area is 152 Å². The molecule has 0 unspecified atom stereocenters. The first-order valence-electron chi connectivity index (χ1n) is 8.20. The van der Waals surface area contributed by atoms with Gasteiger partial charge in [-0.1, -0.05) is 32.9 Å². The maximum absolute atomic E-state index is 9.77. The molecule has 0 aliphatic carbocycles. The van der Waals surface area contributed by atoms with E-state index in [1.807, 2.05) is 18.2 Å². The summed E-state index contributed by atoms with van der Waals surface area (Å²) in [5, 5.41) is 17.1. The predicted molar refractivity (Wildman–Crippen MR) is 96.1 cm³/mol. The Morgan fingerprint density at radius 1 is 1.27 bits per heavy atom. The van der Waals surface area contributed by atoms with Gasteiger partial charge in [-0.25, -0.2) is 0 Å². The zero-order valence-electron chi connectivity index (χ0n) is 15.5. The molecule has 26 heavy (non-hydrogen) atoms. The molecule has 0 spiro atoms. The Kier molecular flexibility index (Phi) is 4.28. The number of fused-ring (bicyclic) bond motifs is 1. The van der Waals surface area contributed by atoms with Crippen LogP contribution in [0, 0.1) is 11.3 Å². The van der Waals surface area contributed by atoms with Crippen LogP contribution in [0.1, 0.15) is 43.5 Å². The van der Waals surface area contributed by atoms with Crippen LogP contribution in [-0.2, 0) is 5.41 Å². The molecule has 0 radical (unpaired) electrons. The molecule has 0 fully saturated rings. The summed E-state index contributed by atoms with van der Waals surface area (Å²) in [6.07, 6.45) is 0. The molecule has 2 heterocycles. The third kappa shape index (κ3) is 2.64. The van der Waals surface area contributed by atoms with Crippen LogP contribution in [0.4, 0.5) is 0 Å². The number of hydrogen-bond acceptors (Lipinski definition) is 6. The fourth-order valence-electron chi connectivity index (χ4n) is 3.27. The number of methoxy groups -OCH3 is 2. The number of rotatable bonds is 3. The molecule has 3 rings (SSSR count). The number of nitrogens with one attached hydrogen (secondary N) is 1. The third-order valence-corrected chi connectivity index (χ3v) is 4.43. The van der Waals surface area contributed by atoms with E-state index in [4.69, 9.17) is 19.9 Å². The minimum absolute atomic E-state index is 0.0434. The summed E-state index contributed by atoms with van der Waals surface area (Å²) >= 11 is 0. The van der Waals surface area contributed by atoms with Gasteiger partial charge in [0.25, 0.3) is 0 Å². The quantitative estimate of drug-likeness (QED) is 0.878. The van der Waals surface area contributed by atoms with Crippen molar-refractivity contribution in [1.29, 1.82) is 5.26 Å². The number of benzene rings is 1. The number of H-pyrrole nitrogens is 1. The van der Waals surface area contributed by atoms with Crippen molar-refractivity contribution < 1.29 is 14.2 Å². The van der Waals surface area contributed by atoms with Crippen LogP contribution in [0.3, 0.4) is 0 Å². The number of allylic oxidation sites excluding steroid dienone is 1. The molecule has 1 aliphatic heterocycles. The zero-order chi connectivity index (χ0) is 19.1. The summed E-state index contributed by atoms with van der Waals surface area (Å²) < 4.78 is 16.6. The normalized spacial score (nSPS) is 16.5. The van der Waals surface area contributed by atoms with Crippen LogP contribution >= 0.6 is 0 Å². The van der Waals surface area contributed by atoms with E-state index in [2.05, 4.69) is 37.0 Å². The van der Waals surface area contributed by atoms with Gasteiger partial charge >= 0.3 is 0 Å². The summed E-state index contributed by atoms with van der Waals surface area (Å²) in [7, 11) is 3.14. The molecule has 1 aromatic heterocycles. The second-order valence-corrected chi connectivity index (χ2v) is 7.07. The lowest BCUT2D eigenvalue weighted by molar-refractivity contribution is 0.348. The van der Waals surface area contributed by atoms with Crippen molar-refractivity contribution in [3.8, 4) is 23.4 Å². The SMILES string of the molecule is COc1cccc([C@H]2C(C#N)=C(N)Oc3n[nH]c(C(C)(C)C)c32)c1OC. The van der Waals surface area contributed by atoms with E-state index in [0.29, 0.717) is 23.0 Å². The first-order chi connectivity index (χ1) is 12.3. The molecule has 7 heteroatoms. The Balaban J connectivity index is 2.34. The van der Waals surface area contributed by atoms with Crippen LogP contribution in [0.15, 0.2) is 29.7 Å². The van der Waals surface area contributed by atoms with Gasteiger partial charge in [0, 0.05) is 16.7 Å². The Hall–Kier alpha value is -3.14. The third-order valence-electron chi connectivity index (χ3n) is 4.43. The van der Waals surface area contributed by atoms with E-state index < -0.39 is 5.92 Å². The smallest absolute Gasteiger partial charge is 0.244 e. The van der Waals surface area contributed by atoms with Crippen molar-refractivity contribution in [1.82, 2.24) is 10.2 Å². The summed E-state index contributed by atoms with van der Waals surface area (Å²) in [5.74, 6) is 1.08. The van der Waals surface area contributed by atoms with Gasteiger partial charge in [0.2, 0.25) is 11.8 Å². The van der Waals surface area contributed by atoms with Gasteiger partial charge in [0.05, 0.1) is 25.7 Å². The first kappa shape index (κ1) is 17.7. The summed E-state index contributed by atoms with van der Waals surface area (Å²) in [4.78, 5) is 0. The highest BCUT2D eigenvalue weighted by Crippen LogP contribution is 2.49. The molecule has 1 aliphatic rings. The lowest BCUT2D eigenvalue weighted by Crippen LogP contribution is -2.24. The number of ether oxygens (including phenoxy) is 3. The minimum Gasteiger partial charge on any atom is -0.493 e. The van der Waals surface area contributed by atoms with Crippen LogP contribution in [0.2, 0.25) is 0 Å². The van der Waals surface area contributed by atoms with Crippen molar-refractivity contribution in [2.24, 2.45) is 5.73 Å². The van der Waals surface area contributed by atoms with Crippen molar-refractivity contribution >= 4 is 0 Å². The van der Waals surface area contributed by atoms with Crippen molar-refractivity contribution in [2.45, 2.75) is 32.1 Å². The number of para-hydroxylation sites is 1. The largest absolute Gasteiger partial charge is 0.493 e. The molecule has 1 atom stereocenters. The second kappa shape index (κ2) is 6.30. The number of aromatic amines is 1. The molecule has 0 bridgehead atoms. The van der Waals surface area contributed by atoms with Crippen LogP contribution in [-0.4, -0.2) is 24.4 Å². The van der Waals surface area contributed by atoms with Gasteiger partial charge in [0.15, 0.2) is 11.5 Å². The summed E-state index contributed by atoms with van der Waals surface area (Å²) in [6.45, 7) is 6.19. The molecular weight excluding hydrogens is 332 g/mol. The van der Waals surface area contributed by atoms with E-state index in [-0.39, 0.29) is 11.3 Å². The lowest BCUT2D eigenvalue weighted by atomic mass is 9.78. The van der Waals surface area contributed by atoms with Gasteiger partial charge < -0.3 is 19.9 Å². The molecule has 7 nitrogen and oxygen atoms in total. The van der Waals surface area contributed by atoms with E-state index in [1.165, 1.54) is 0 Å². The van der Waals surface area contributed by atoms with Gasteiger partial charge in [-0.3, -0.25) is 5.10 Å². The summed E-state index contributed by atoms with van der Waals surface area (Å²) in [6, 6.07) is 7.75. The van der Waals surface area contributed by atoms with E-state index >= 15 is 0 Å². The highest BCUT2D eigenvalue weighted by molar-refractivity contribution is 5.61. The zero-order valence-corrected chi connectivity index (χ0v) is 15.5. The fourth-order valence-corrected chi connectivity index (χ4v) is 3.27. The molecule has 136 valence electrons. The molecule has 1 aromatic carbocycles. The molecule has 0 amide bonds. The molecule has 0 saturated heterocycles. The van der Waals surface area contributed by atoms with Crippen molar-refractivity contribution in [3.63, 3.8) is 0 Å². The van der Waals surface area contributed by atoms with Gasteiger partial charge in [-0.2, -0.15) is 5.26 Å². The van der Waals surface area contributed by atoms with Crippen LogP contribution in [0.25, 0.3) is 0 Å². The predicted octanol–water partition coefficient (Wildman–Crippen LogP) is 2.94. The Morgan fingerprint density at radius 2 is 2.00 bits per heavy atom. The summed E-state index contributed by atoms with van der Waals surface area (Å²) in [5.41, 5.74) is 8.53. The topological polar surface area (TPSA) is 106 Å². The minimum atomic E-state index is -0.471. The highest BCUT2D eigenvalue weighted by atomic mass is 16.5. The van der Waals surface area contributed by atoms with Crippen LogP contribution < -0.4 is 19.9 Å². The molecule has 0 saturated carbocycles. The standard InChI is InChI=1S/C19H22N4O3/c1-19(2,3)16-14-13(10-7-6-8-12(24-4)15(10)25-5)11(9-20)17(21)26-18(14)23-22-16/h6-8,13H,21H2,1-5H3,(H,22,23)/t13-/m0/s1. The van der Waals surface area contributed by atoms with E-state index in [0.717, 1.165) is 16.8 Å². The maximum atomic E-state index is 9.77. The average molecular weight is 354 g/mol. The van der Waals surface area contributed by atoms with Crippen molar-refractivity contribution in [3.05, 3.63) is 46.5 Å². The fraction of sp³-hybridized carbons (Fsp3) is 0.368. The lowest BCUT2D eigenvalue weighted by Gasteiger charge is -2.28. The van der Waals surface area contributed by atoms with Crippen molar-refractivity contribution in [2.75, 3.05) is 14.2 Å². The monoisotopic (exact) mass is 354 g/mol. The van der Waals surface area contributed by atoms with E-state index in [1.54, 1.807) is 14.2 Å². The number of nitrogens with zero attached hydrogens (tertiary/aromatic N) is 2. The highest BCUT2D eigenvalue weighted by Gasteiger charge is 2.39. The van der Waals surface area contributed by atoms with Gasteiger partial charge in [-0.05, 0) is 6.07 Å². The number of nitriles is 1. The molecular formula is C19H22N4O3. The molecule has 3 N–H and O–H groups in total. The molecule has 2 aromatic rings. The number of hydrogen-bond donors (Lipinski definition) is 2. The maximum Gasteiger partial charge on any atom is 0.244 e. The van der Waals surface area contributed by atoms with E-state index in [9.17, 15) is 5.26 Å². The first-order valence-corrected chi connectivity index (χ1v) is 8.20. The number of nitrogens with two attached hydrogens (primary N) is 1. The van der Waals surface area contributed by atoms with Crippen LogP contribution in [0.5, 0.6) is 17.4 Å². The van der Waals surface area contributed by atoms with Gasteiger partial charge in [-0.15, -0.1) is 5.10 Å². The average Bonchev–Trinajstić information content (AvgIpc) is 3.03. The second-order valence-electron chi connectivity index (χ2n) is 7.07.